The van der Waals surface area contributed by atoms with E-state index in [0.717, 1.165) is 38.5 Å². The Morgan fingerprint density at radius 2 is 1.89 bits per heavy atom. The molecule has 0 bridgehead atoms. The Balaban J connectivity index is 1.65. The Morgan fingerprint density at radius 3 is 2.44 bits per heavy atom. The van der Waals surface area contributed by atoms with Gasteiger partial charge in [0.15, 0.2) is 0 Å². The second-order valence-electron chi connectivity index (χ2n) is 5.32. The predicted molar refractivity (Wildman–Crippen MR) is 73.8 cm³/mol. The van der Waals surface area contributed by atoms with Gasteiger partial charge in [-0.05, 0) is 31.2 Å². The first-order valence-electron chi connectivity index (χ1n) is 6.68. The van der Waals surface area contributed by atoms with Gasteiger partial charge in [0.05, 0.1) is 19.3 Å². The maximum absolute atomic E-state index is 5.73. The molecule has 2 heterocycles. The molecule has 3 rings (SSSR count). The summed E-state index contributed by atoms with van der Waals surface area (Å²) in [6.07, 6.45) is 0. The monoisotopic (exact) mass is 247 g/mol. The number of nitrogen functional groups attached to an aromatic ring is 1. The van der Waals surface area contributed by atoms with Gasteiger partial charge in [0.25, 0.3) is 0 Å². The highest BCUT2D eigenvalue weighted by Crippen LogP contribution is 2.23. The van der Waals surface area contributed by atoms with E-state index in [-0.39, 0.29) is 0 Å². The van der Waals surface area contributed by atoms with E-state index < -0.39 is 0 Å². The van der Waals surface area contributed by atoms with Crippen LogP contribution in [0.5, 0.6) is 0 Å². The largest absolute Gasteiger partial charge is 0.399 e. The number of hydrogen-bond donors (Lipinski definition) is 1. The van der Waals surface area contributed by atoms with Gasteiger partial charge in [-0.3, -0.25) is 4.90 Å². The van der Waals surface area contributed by atoms with Crippen LogP contribution in [-0.4, -0.2) is 49.8 Å². The fraction of sp³-hybridized carbons (Fsp3) is 0.571. The second kappa shape index (κ2) is 4.78. The maximum Gasteiger partial charge on any atom is 0.0645 e. The molecule has 0 saturated carbocycles. The van der Waals surface area contributed by atoms with Crippen molar-refractivity contribution in [3.8, 4) is 0 Å². The molecule has 0 spiro atoms. The summed E-state index contributed by atoms with van der Waals surface area (Å²) < 4.78 is 5.29. The van der Waals surface area contributed by atoms with Gasteiger partial charge in [0.1, 0.15) is 0 Å². The molecule has 2 fully saturated rings. The minimum absolute atomic E-state index is 0.588. The molecular formula is C14H21N3O. The normalized spacial score (nSPS) is 26.1. The number of piperazine rings is 1. The van der Waals surface area contributed by atoms with Crippen molar-refractivity contribution in [2.75, 3.05) is 43.5 Å². The van der Waals surface area contributed by atoms with Crippen LogP contribution in [0.15, 0.2) is 24.3 Å². The van der Waals surface area contributed by atoms with Gasteiger partial charge in [0.2, 0.25) is 0 Å². The van der Waals surface area contributed by atoms with Crippen molar-refractivity contribution in [1.82, 2.24) is 4.90 Å². The van der Waals surface area contributed by atoms with Crippen molar-refractivity contribution in [3.05, 3.63) is 24.3 Å². The molecule has 0 aromatic heterocycles. The molecular weight excluding hydrogens is 226 g/mol. The maximum atomic E-state index is 5.73. The van der Waals surface area contributed by atoms with E-state index in [0.29, 0.717) is 12.1 Å². The van der Waals surface area contributed by atoms with Crippen molar-refractivity contribution >= 4 is 11.4 Å². The van der Waals surface area contributed by atoms with Crippen molar-refractivity contribution < 1.29 is 4.74 Å². The van der Waals surface area contributed by atoms with E-state index in [1.54, 1.807) is 0 Å². The summed E-state index contributed by atoms with van der Waals surface area (Å²) in [5.41, 5.74) is 7.84. The molecule has 1 aromatic rings. The zero-order chi connectivity index (χ0) is 12.5. The van der Waals surface area contributed by atoms with Crippen LogP contribution in [0, 0.1) is 0 Å². The van der Waals surface area contributed by atoms with Gasteiger partial charge in [-0.1, -0.05) is 0 Å². The molecule has 1 unspecified atom stereocenters. The highest BCUT2D eigenvalue weighted by atomic mass is 16.5. The van der Waals surface area contributed by atoms with Gasteiger partial charge in [0, 0.05) is 37.1 Å². The van der Waals surface area contributed by atoms with Gasteiger partial charge in [-0.2, -0.15) is 0 Å². The minimum atomic E-state index is 0.588. The van der Waals surface area contributed by atoms with Gasteiger partial charge in [-0.25, -0.2) is 0 Å². The predicted octanol–water partition coefficient (Wildman–Crippen LogP) is 1.18. The first-order valence-corrected chi connectivity index (χ1v) is 6.68. The highest BCUT2D eigenvalue weighted by molar-refractivity contribution is 5.53. The third kappa shape index (κ3) is 2.18. The van der Waals surface area contributed by atoms with Gasteiger partial charge >= 0.3 is 0 Å². The Morgan fingerprint density at radius 1 is 1.17 bits per heavy atom. The van der Waals surface area contributed by atoms with E-state index in [1.807, 2.05) is 12.1 Å². The van der Waals surface area contributed by atoms with Crippen molar-refractivity contribution in [2.45, 2.75) is 19.0 Å². The van der Waals surface area contributed by atoms with E-state index >= 15 is 0 Å². The van der Waals surface area contributed by atoms with Crippen molar-refractivity contribution in [2.24, 2.45) is 0 Å². The molecule has 18 heavy (non-hydrogen) atoms. The Labute approximate surface area is 108 Å². The lowest BCUT2D eigenvalue weighted by Gasteiger charge is -2.47. The summed E-state index contributed by atoms with van der Waals surface area (Å²) in [5.74, 6) is 0. The molecule has 0 amide bonds. The van der Waals surface area contributed by atoms with Crippen LogP contribution in [-0.2, 0) is 4.74 Å². The number of rotatable bonds is 2. The smallest absolute Gasteiger partial charge is 0.0645 e. The summed E-state index contributed by atoms with van der Waals surface area (Å²) in [5, 5.41) is 0. The lowest BCUT2D eigenvalue weighted by Crippen LogP contribution is -2.60. The van der Waals surface area contributed by atoms with Gasteiger partial charge in [-0.15, -0.1) is 0 Å². The number of benzene rings is 1. The molecule has 2 N–H and O–H groups in total. The SMILES string of the molecule is CC1CN(c2ccc(N)cc2)CCN1C1COC1. The van der Waals surface area contributed by atoms with Crippen molar-refractivity contribution in [3.63, 3.8) is 0 Å². The molecule has 98 valence electrons. The summed E-state index contributed by atoms with van der Waals surface area (Å²) in [6.45, 7) is 7.42. The Kier molecular flexibility index (Phi) is 3.14. The Bertz CT molecular complexity index is 402. The average Bonchev–Trinajstić information content (AvgIpc) is 2.30. The number of anilines is 2. The fourth-order valence-corrected chi connectivity index (χ4v) is 2.85. The Hall–Kier alpha value is -1.26. The topological polar surface area (TPSA) is 41.7 Å². The highest BCUT2D eigenvalue weighted by Gasteiger charge is 2.33. The van der Waals surface area contributed by atoms with E-state index in [1.165, 1.54) is 5.69 Å². The molecule has 2 aliphatic heterocycles. The van der Waals surface area contributed by atoms with Crippen LogP contribution in [0.4, 0.5) is 11.4 Å². The third-order valence-corrected chi connectivity index (χ3v) is 4.03. The van der Waals surface area contributed by atoms with Crippen LogP contribution in [0.25, 0.3) is 0 Å². The molecule has 4 nitrogen and oxygen atoms in total. The van der Waals surface area contributed by atoms with E-state index in [4.69, 9.17) is 10.5 Å². The molecule has 0 radical (unpaired) electrons. The number of hydrogen-bond acceptors (Lipinski definition) is 4. The molecule has 2 aliphatic rings. The molecule has 1 aromatic carbocycles. The summed E-state index contributed by atoms with van der Waals surface area (Å²) in [6, 6.07) is 9.42. The van der Waals surface area contributed by atoms with Crippen LogP contribution in [0.1, 0.15) is 6.92 Å². The van der Waals surface area contributed by atoms with Crippen LogP contribution >= 0.6 is 0 Å². The van der Waals surface area contributed by atoms with E-state index in [2.05, 4.69) is 28.9 Å². The minimum Gasteiger partial charge on any atom is -0.399 e. The first kappa shape index (κ1) is 11.8. The quantitative estimate of drug-likeness (QED) is 0.797. The molecule has 0 aliphatic carbocycles. The first-order chi connectivity index (χ1) is 8.74. The summed E-state index contributed by atoms with van der Waals surface area (Å²) in [4.78, 5) is 5.03. The fourth-order valence-electron chi connectivity index (χ4n) is 2.85. The standard InChI is InChI=1S/C14H21N3O/c1-11-8-16(13-4-2-12(15)3-5-13)6-7-17(11)14-9-18-10-14/h2-5,11,14H,6-10,15H2,1H3. The van der Waals surface area contributed by atoms with E-state index in [9.17, 15) is 0 Å². The molecule has 4 heteroatoms. The van der Waals surface area contributed by atoms with Gasteiger partial charge < -0.3 is 15.4 Å². The summed E-state index contributed by atoms with van der Waals surface area (Å²) in [7, 11) is 0. The van der Waals surface area contributed by atoms with Crippen LogP contribution in [0.3, 0.4) is 0 Å². The molecule has 2 saturated heterocycles. The number of nitrogens with two attached hydrogens (primary N) is 1. The molecule has 1 atom stereocenters. The summed E-state index contributed by atoms with van der Waals surface area (Å²) >= 11 is 0. The number of ether oxygens (including phenoxy) is 1. The van der Waals surface area contributed by atoms with Crippen LogP contribution in [0.2, 0.25) is 0 Å². The number of nitrogens with zero attached hydrogens (tertiary/aromatic N) is 2. The zero-order valence-electron chi connectivity index (χ0n) is 10.9. The average molecular weight is 247 g/mol. The zero-order valence-corrected chi connectivity index (χ0v) is 10.9. The lowest BCUT2D eigenvalue weighted by atomic mass is 10.1. The lowest BCUT2D eigenvalue weighted by molar-refractivity contribution is -0.0792. The second-order valence-corrected chi connectivity index (χ2v) is 5.32. The van der Waals surface area contributed by atoms with Crippen LogP contribution < -0.4 is 10.6 Å². The van der Waals surface area contributed by atoms with Crippen molar-refractivity contribution in [1.29, 1.82) is 0 Å². The third-order valence-electron chi connectivity index (χ3n) is 4.03.